The Bertz CT molecular complexity index is 1820. The molecule has 0 saturated carbocycles. The fraction of sp³-hybridized carbons (Fsp3) is 0.324. The Kier molecular flexibility index (Phi) is 13.8. The van der Waals surface area contributed by atoms with Crippen molar-refractivity contribution in [1.82, 2.24) is 26.3 Å². The number of rotatable bonds is 15. The molecule has 18 heteroatoms. The molecule has 1 heterocycles. The molecule has 0 aliphatic carbocycles. The van der Waals surface area contributed by atoms with Crippen molar-refractivity contribution in [3.05, 3.63) is 94.3 Å². The van der Waals surface area contributed by atoms with E-state index in [-0.39, 0.29) is 28.3 Å². The van der Waals surface area contributed by atoms with Crippen LogP contribution in [-0.4, -0.2) is 72.2 Å². The van der Waals surface area contributed by atoms with Crippen LogP contribution in [0.5, 0.6) is 5.75 Å². The van der Waals surface area contributed by atoms with Crippen molar-refractivity contribution in [3.63, 3.8) is 0 Å². The number of ketones is 1. The standard InChI is InChI=1S/C34H32ClF5N6O6/c1-18(2)26(28(47)34(39,40)32(51)43-17-33(36,37)38)45-31(50)27(20-9-11-22(52-3)12-10-20)46-30(49)25(44-29(48)24-6-4-5-13-42-24)15-19-7-8-21(16-41)23(35)14-19/h4-14,18,25-27H,15,17H2,1-3H3,(H,43,51)(H,44,48)(H,45,50)(H,46,49)/t25-,26-,27-/m0/s1. The van der Waals surface area contributed by atoms with Gasteiger partial charge in [-0.1, -0.05) is 49.7 Å². The fourth-order valence-corrected chi connectivity index (χ4v) is 4.91. The van der Waals surface area contributed by atoms with Crippen molar-refractivity contribution in [1.29, 1.82) is 5.26 Å². The van der Waals surface area contributed by atoms with Crippen LogP contribution in [0.3, 0.4) is 0 Å². The number of nitrogens with one attached hydrogen (secondary N) is 4. The number of nitrogens with zero attached hydrogens (tertiary/aromatic N) is 2. The zero-order valence-corrected chi connectivity index (χ0v) is 28.4. The molecular weight excluding hydrogens is 719 g/mol. The van der Waals surface area contributed by atoms with Gasteiger partial charge in [0.2, 0.25) is 17.6 Å². The lowest BCUT2D eigenvalue weighted by Crippen LogP contribution is -2.58. The van der Waals surface area contributed by atoms with Crippen LogP contribution < -0.4 is 26.0 Å². The van der Waals surface area contributed by atoms with Gasteiger partial charge in [0.1, 0.15) is 36.1 Å². The van der Waals surface area contributed by atoms with Crippen LogP contribution in [0, 0.1) is 17.2 Å². The minimum absolute atomic E-state index is 0.0486. The van der Waals surface area contributed by atoms with Gasteiger partial charge >= 0.3 is 12.1 Å². The zero-order chi connectivity index (χ0) is 38.8. The minimum Gasteiger partial charge on any atom is -0.497 e. The highest BCUT2D eigenvalue weighted by atomic mass is 35.5. The van der Waals surface area contributed by atoms with E-state index in [4.69, 9.17) is 16.3 Å². The van der Waals surface area contributed by atoms with Crippen LogP contribution in [-0.2, 0) is 25.6 Å². The highest BCUT2D eigenvalue weighted by molar-refractivity contribution is 6.31. The van der Waals surface area contributed by atoms with Crippen LogP contribution >= 0.6 is 11.6 Å². The summed E-state index contributed by atoms with van der Waals surface area (Å²) in [4.78, 5) is 69.7. The number of alkyl halides is 5. The second-order valence-corrected chi connectivity index (χ2v) is 12.0. The number of carbonyl (C=O) groups is 5. The van der Waals surface area contributed by atoms with E-state index in [1.165, 1.54) is 81.8 Å². The van der Waals surface area contributed by atoms with E-state index in [2.05, 4.69) is 20.9 Å². The third-order valence-electron chi connectivity index (χ3n) is 7.40. The lowest BCUT2D eigenvalue weighted by atomic mass is 9.94. The summed E-state index contributed by atoms with van der Waals surface area (Å²) < 4.78 is 72.6. The molecule has 12 nitrogen and oxygen atoms in total. The molecule has 3 rings (SSSR count). The molecule has 1 aromatic heterocycles. The molecule has 0 aliphatic rings. The van der Waals surface area contributed by atoms with Crippen molar-refractivity contribution >= 4 is 41.0 Å². The quantitative estimate of drug-likeness (QED) is 0.134. The Morgan fingerprint density at radius 1 is 0.923 bits per heavy atom. The van der Waals surface area contributed by atoms with E-state index in [1.807, 2.05) is 6.07 Å². The lowest BCUT2D eigenvalue weighted by molar-refractivity contribution is -0.165. The molecule has 0 fully saturated rings. The first-order valence-electron chi connectivity index (χ1n) is 15.3. The van der Waals surface area contributed by atoms with Crippen LogP contribution in [0.25, 0.3) is 0 Å². The Balaban J connectivity index is 1.98. The van der Waals surface area contributed by atoms with Gasteiger partial charge in [0.05, 0.1) is 23.7 Å². The SMILES string of the molecule is COc1ccc([C@H](NC(=O)[C@H](Cc2ccc(C#N)c(Cl)c2)NC(=O)c2ccccn2)C(=O)N[C@H](C(=O)C(F)(F)C(=O)NCC(F)(F)F)C(C)C)cc1. The number of amides is 4. The Morgan fingerprint density at radius 2 is 1.60 bits per heavy atom. The maximum absolute atomic E-state index is 14.9. The number of aromatic nitrogens is 1. The average molecular weight is 751 g/mol. The molecule has 0 unspecified atom stereocenters. The van der Waals surface area contributed by atoms with Crippen LogP contribution in [0.15, 0.2) is 66.9 Å². The summed E-state index contributed by atoms with van der Waals surface area (Å²) in [5.41, 5.74) is 0.499. The maximum Gasteiger partial charge on any atom is 0.405 e. The third kappa shape index (κ3) is 10.9. The highest BCUT2D eigenvalue weighted by Crippen LogP contribution is 2.24. The van der Waals surface area contributed by atoms with Gasteiger partial charge in [-0.2, -0.15) is 27.2 Å². The van der Waals surface area contributed by atoms with Gasteiger partial charge in [0, 0.05) is 12.6 Å². The van der Waals surface area contributed by atoms with E-state index in [9.17, 15) is 51.2 Å². The van der Waals surface area contributed by atoms with Gasteiger partial charge in [-0.05, 0) is 53.4 Å². The number of carbonyl (C=O) groups excluding carboxylic acids is 5. The summed E-state index contributed by atoms with van der Waals surface area (Å²) in [6.07, 6.45) is -3.95. The first kappa shape index (κ1) is 40.8. The number of hydrogen-bond donors (Lipinski definition) is 4. The lowest BCUT2D eigenvalue weighted by Gasteiger charge is -2.28. The number of nitriles is 1. The molecule has 3 atom stereocenters. The molecule has 4 N–H and O–H groups in total. The zero-order valence-electron chi connectivity index (χ0n) is 27.7. The summed E-state index contributed by atoms with van der Waals surface area (Å²) >= 11 is 6.17. The predicted molar refractivity (Wildman–Crippen MR) is 175 cm³/mol. The third-order valence-corrected chi connectivity index (χ3v) is 7.71. The molecule has 0 bridgehead atoms. The predicted octanol–water partition coefficient (Wildman–Crippen LogP) is 3.84. The van der Waals surface area contributed by atoms with Crippen molar-refractivity contribution in [2.45, 2.75) is 50.5 Å². The number of pyridine rings is 1. The number of ether oxygens (including phenoxy) is 1. The van der Waals surface area contributed by atoms with E-state index in [0.29, 0.717) is 11.3 Å². The van der Waals surface area contributed by atoms with Crippen molar-refractivity contribution in [3.8, 4) is 11.8 Å². The minimum atomic E-state index is -5.05. The Morgan fingerprint density at radius 3 is 2.13 bits per heavy atom. The maximum atomic E-state index is 14.9. The largest absolute Gasteiger partial charge is 0.497 e. The molecule has 2 aromatic carbocycles. The average Bonchev–Trinajstić information content (AvgIpc) is 3.11. The van der Waals surface area contributed by atoms with Crippen molar-refractivity contribution in [2.75, 3.05) is 13.7 Å². The number of methoxy groups -OCH3 is 1. The summed E-state index contributed by atoms with van der Waals surface area (Å²) in [6, 6.07) is 10.8. The molecule has 276 valence electrons. The van der Waals surface area contributed by atoms with Gasteiger partial charge in [-0.25, -0.2) is 0 Å². The molecule has 0 spiro atoms. The van der Waals surface area contributed by atoms with Crippen LogP contribution in [0.4, 0.5) is 22.0 Å². The van der Waals surface area contributed by atoms with E-state index in [0.717, 1.165) is 5.32 Å². The van der Waals surface area contributed by atoms with Gasteiger partial charge in [0.15, 0.2) is 0 Å². The molecule has 0 saturated heterocycles. The first-order chi connectivity index (χ1) is 24.4. The van der Waals surface area contributed by atoms with Gasteiger partial charge in [-0.3, -0.25) is 29.0 Å². The van der Waals surface area contributed by atoms with Gasteiger partial charge in [0.25, 0.3) is 11.8 Å². The molecular formula is C34H32ClF5N6O6. The fourth-order valence-electron chi connectivity index (χ4n) is 4.66. The smallest absolute Gasteiger partial charge is 0.405 e. The molecule has 52 heavy (non-hydrogen) atoms. The molecule has 0 aliphatic heterocycles. The monoisotopic (exact) mass is 750 g/mol. The van der Waals surface area contributed by atoms with E-state index in [1.54, 1.807) is 6.07 Å². The second-order valence-electron chi connectivity index (χ2n) is 11.6. The first-order valence-corrected chi connectivity index (χ1v) is 15.7. The molecule has 4 amide bonds. The Labute approximate surface area is 299 Å². The number of benzene rings is 2. The summed E-state index contributed by atoms with van der Waals surface area (Å²) in [7, 11) is 1.36. The van der Waals surface area contributed by atoms with E-state index >= 15 is 0 Å². The Hall–Kier alpha value is -5.63. The van der Waals surface area contributed by atoms with Crippen molar-refractivity contribution < 1.29 is 50.7 Å². The van der Waals surface area contributed by atoms with Crippen LogP contribution in [0.1, 0.15) is 47.1 Å². The topological polar surface area (TPSA) is 179 Å². The number of Topliss-reactive ketones (excluding diaryl/α,β-unsaturated/α-hetero) is 1. The van der Waals surface area contributed by atoms with Gasteiger partial charge in [-0.15, -0.1) is 0 Å². The number of halogens is 6. The van der Waals surface area contributed by atoms with Crippen molar-refractivity contribution in [2.24, 2.45) is 5.92 Å². The summed E-state index contributed by atoms with van der Waals surface area (Å²) in [6.45, 7) is 0.338. The second kappa shape index (κ2) is 17.5. The number of hydrogen-bond acceptors (Lipinski definition) is 8. The highest BCUT2D eigenvalue weighted by Gasteiger charge is 2.52. The van der Waals surface area contributed by atoms with Crippen LogP contribution in [0.2, 0.25) is 5.02 Å². The van der Waals surface area contributed by atoms with Gasteiger partial charge < -0.3 is 26.0 Å². The summed E-state index contributed by atoms with van der Waals surface area (Å²) in [5.74, 6) is -13.5. The summed E-state index contributed by atoms with van der Waals surface area (Å²) in [5, 5.41) is 17.3. The van der Waals surface area contributed by atoms with E-state index < -0.39 is 72.1 Å². The molecule has 3 aromatic rings. The normalized spacial score (nSPS) is 13.2. The molecule has 0 radical (unpaired) electrons.